The number of rotatable bonds is 5. The van der Waals surface area contributed by atoms with Crippen molar-refractivity contribution >= 4 is 5.69 Å². The Balaban J connectivity index is 1.85. The summed E-state index contributed by atoms with van der Waals surface area (Å²) in [6.07, 6.45) is 6.65. The van der Waals surface area contributed by atoms with Gasteiger partial charge in [0.2, 0.25) is 0 Å². The van der Waals surface area contributed by atoms with Gasteiger partial charge in [0.15, 0.2) is 0 Å². The molecule has 112 valence electrons. The minimum atomic E-state index is 0.672. The molecule has 0 saturated heterocycles. The van der Waals surface area contributed by atoms with Crippen molar-refractivity contribution in [1.29, 1.82) is 0 Å². The summed E-state index contributed by atoms with van der Waals surface area (Å²) >= 11 is 0. The molecule has 1 heteroatoms. The van der Waals surface area contributed by atoms with Gasteiger partial charge in [-0.05, 0) is 67.6 Å². The molecule has 1 aliphatic rings. The van der Waals surface area contributed by atoms with Crippen LogP contribution in [0.3, 0.4) is 0 Å². The van der Waals surface area contributed by atoms with Crippen LogP contribution < -0.4 is 5.32 Å². The highest BCUT2D eigenvalue weighted by molar-refractivity contribution is 5.46. The molecule has 1 N–H and O–H groups in total. The van der Waals surface area contributed by atoms with E-state index < -0.39 is 0 Å². The van der Waals surface area contributed by atoms with E-state index in [1.165, 1.54) is 43.4 Å². The monoisotopic (exact) mass is 273 g/mol. The Morgan fingerprint density at radius 3 is 2.10 bits per heavy atom. The maximum atomic E-state index is 3.72. The van der Waals surface area contributed by atoms with Crippen molar-refractivity contribution < 1.29 is 0 Å². The number of nitrogens with one attached hydrogen (secondary N) is 1. The van der Waals surface area contributed by atoms with Crippen LogP contribution in [0.4, 0.5) is 5.69 Å². The molecule has 1 unspecified atom stereocenters. The fraction of sp³-hybridized carbons (Fsp3) is 0.684. The lowest BCUT2D eigenvalue weighted by molar-refractivity contribution is 0.267. The van der Waals surface area contributed by atoms with E-state index in [2.05, 4.69) is 57.3 Å². The van der Waals surface area contributed by atoms with Gasteiger partial charge in [-0.25, -0.2) is 0 Å². The van der Waals surface area contributed by atoms with E-state index in [-0.39, 0.29) is 0 Å². The standard InChI is InChI=1S/C19H31N/c1-5-15(4)17-8-12-19(13-9-17)20-18-10-6-16(7-11-18)14(2)3/h8-9,12-16,18,20H,5-7,10-11H2,1-4H3. The van der Waals surface area contributed by atoms with Crippen molar-refractivity contribution in [2.24, 2.45) is 11.8 Å². The smallest absolute Gasteiger partial charge is 0.0342 e. The molecule has 1 aromatic rings. The van der Waals surface area contributed by atoms with E-state index in [0.29, 0.717) is 12.0 Å². The molecule has 0 aromatic heterocycles. The fourth-order valence-corrected chi connectivity index (χ4v) is 3.31. The van der Waals surface area contributed by atoms with Crippen LogP contribution in [0.15, 0.2) is 24.3 Å². The second-order valence-electron chi connectivity index (χ2n) is 6.93. The highest BCUT2D eigenvalue weighted by atomic mass is 14.9. The highest BCUT2D eigenvalue weighted by Gasteiger charge is 2.22. The molecule has 0 bridgehead atoms. The zero-order valence-electron chi connectivity index (χ0n) is 13.7. The lowest BCUT2D eigenvalue weighted by Crippen LogP contribution is -2.27. The Morgan fingerprint density at radius 2 is 1.60 bits per heavy atom. The molecule has 0 spiro atoms. The first-order chi connectivity index (χ1) is 9.60. The maximum Gasteiger partial charge on any atom is 0.0342 e. The van der Waals surface area contributed by atoms with Gasteiger partial charge >= 0.3 is 0 Å². The zero-order valence-corrected chi connectivity index (χ0v) is 13.7. The molecule has 1 fully saturated rings. The third-order valence-corrected chi connectivity index (χ3v) is 5.18. The molecule has 2 rings (SSSR count). The number of hydrogen-bond donors (Lipinski definition) is 1. The quantitative estimate of drug-likeness (QED) is 0.712. The second-order valence-corrected chi connectivity index (χ2v) is 6.93. The van der Waals surface area contributed by atoms with Gasteiger partial charge < -0.3 is 5.32 Å². The van der Waals surface area contributed by atoms with Crippen molar-refractivity contribution in [3.05, 3.63) is 29.8 Å². The van der Waals surface area contributed by atoms with Crippen molar-refractivity contribution in [1.82, 2.24) is 0 Å². The third kappa shape index (κ3) is 4.01. The van der Waals surface area contributed by atoms with Crippen molar-refractivity contribution in [2.75, 3.05) is 5.32 Å². The Kier molecular flexibility index (Phi) is 5.51. The first-order valence-corrected chi connectivity index (χ1v) is 8.46. The predicted octanol–water partition coefficient (Wildman–Crippen LogP) is 5.83. The normalized spacial score (nSPS) is 24.6. The van der Waals surface area contributed by atoms with Crippen LogP contribution in [0, 0.1) is 11.8 Å². The van der Waals surface area contributed by atoms with Gasteiger partial charge in [0, 0.05) is 11.7 Å². The summed E-state index contributed by atoms with van der Waals surface area (Å²) in [4.78, 5) is 0. The summed E-state index contributed by atoms with van der Waals surface area (Å²) in [5.41, 5.74) is 2.76. The lowest BCUT2D eigenvalue weighted by Gasteiger charge is -2.32. The number of benzene rings is 1. The summed E-state index contributed by atoms with van der Waals surface area (Å²) < 4.78 is 0. The lowest BCUT2D eigenvalue weighted by atomic mass is 9.79. The zero-order chi connectivity index (χ0) is 14.5. The van der Waals surface area contributed by atoms with E-state index >= 15 is 0 Å². The number of anilines is 1. The van der Waals surface area contributed by atoms with Crippen LogP contribution in [0.25, 0.3) is 0 Å². The van der Waals surface area contributed by atoms with Gasteiger partial charge in [-0.15, -0.1) is 0 Å². The molecule has 20 heavy (non-hydrogen) atoms. The molecule has 1 aliphatic carbocycles. The third-order valence-electron chi connectivity index (χ3n) is 5.18. The van der Waals surface area contributed by atoms with Crippen molar-refractivity contribution in [3.8, 4) is 0 Å². The van der Waals surface area contributed by atoms with E-state index in [1.54, 1.807) is 0 Å². The summed E-state index contributed by atoms with van der Waals surface area (Å²) in [5, 5.41) is 3.72. The Labute approximate surface area is 125 Å². The van der Waals surface area contributed by atoms with Crippen LogP contribution in [0.2, 0.25) is 0 Å². The minimum absolute atomic E-state index is 0.672. The van der Waals surface area contributed by atoms with E-state index in [4.69, 9.17) is 0 Å². The number of hydrogen-bond acceptors (Lipinski definition) is 1. The Bertz CT molecular complexity index is 385. The van der Waals surface area contributed by atoms with Crippen LogP contribution in [-0.2, 0) is 0 Å². The second kappa shape index (κ2) is 7.15. The maximum absolute atomic E-state index is 3.72. The van der Waals surface area contributed by atoms with Gasteiger partial charge in [-0.1, -0.05) is 39.8 Å². The summed E-state index contributed by atoms with van der Waals surface area (Å²) in [7, 11) is 0. The van der Waals surface area contributed by atoms with Gasteiger partial charge in [-0.3, -0.25) is 0 Å². The average molecular weight is 273 g/mol. The first kappa shape index (κ1) is 15.4. The first-order valence-electron chi connectivity index (χ1n) is 8.46. The van der Waals surface area contributed by atoms with Crippen LogP contribution in [-0.4, -0.2) is 6.04 Å². The fourth-order valence-electron chi connectivity index (χ4n) is 3.31. The van der Waals surface area contributed by atoms with E-state index in [9.17, 15) is 0 Å². The van der Waals surface area contributed by atoms with Crippen molar-refractivity contribution in [2.45, 2.75) is 71.8 Å². The predicted molar refractivity (Wildman–Crippen MR) is 89.4 cm³/mol. The molecular formula is C19H31N. The summed E-state index contributed by atoms with van der Waals surface area (Å²) in [6.45, 7) is 9.29. The molecule has 0 aliphatic heterocycles. The van der Waals surface area contributed by atoms with E-state index in [0.717, 1.165) is 11.8 Å². The topological polar surface area (TPSA) is 12.0 Å². The van der Waals surface area contributed by atoms with Gasteiger partial charge in [0.05, 0.1) is 0 Å². The average Bonchev–Trinajstić information content (AvgIpc) is 2.48. The Hall–Kier alpha value is -0.980. The molecule has 1 saturated carbocycles. The van der Waals surface area contributed by atoms with Crippen molar-refractivity contribution in [3.63, 3.8) is 0 Å². The molecule has 1 nitrogen and oxygen atoms in total. The molecule has 1 aromatic carbocycles. The highest BCUT2D eigenvalue weighted by Crippen LogP contribution is 2.31. The van der Waals surface area contributed by atoms with Crippen LogP contribution in [0.5, 0.6) is 0 Å². The summed E-state index contributed by atoms with van der Waals surface area (Å²) in [5.74, 6) is 2.47. The molecule has 0 radical (unpaired) electrons. The van der Waals surface area contributed by atoms with Crippen LogP contribution in [0.1, 0.15) is 71.3 Å². The van der Waals surface area contributed by atoms with Crippen LogP contribution >= 0.6 is 0 Å². The van der Waals surface area contributed by atoms with Gasteiger partial charge in [0.1, 0.15) is 0 Å². The molecule has 1 atom stereocenters. The summed E-state index contributed by atoms with van der Waals surface area (Å²) in [6, 6.07) is 9.78. The van der Waals surface area contributed by atoms with E-state index in [1.807, 2.05) is 0 Å². The SMILES string of the molecule is CCC(C)c1ccc(NC2CCC(C(C)C)CC2)cc1. The largest absolute Gasteiger partial charge is 0.382 e. The minimum Gasteiger partial charge on any atom is -0.382 e. The molecular weight excluding hydrogens is 242 g/mol. The molecule has 0 amide bonds. The Morgan fingerprint density at radius 1 is 1.00 bits per heavy atom. The van der Waals surface area contributed by atoms with Gasteiger partial charge in [0.25, 0.3) is 0 Å². The molecule has 0 heterocycles. The van der Waals surface area contributed by atoms with Gasteiger partial charge in [-0.2, -0.15) is 0 Å².